The fraction of sp³-hybridized carbons (Fsp3) is 0.478. The van der Waals surface area contributed by atoms with Crippen LogP contribution in [0, 0.1) is 6.92 Å². The summed E-state index contributed by atoms with van der Waals surface area (Å²) in [6.07, 6.45) is 6.50. The van der Waals surface area contributed by atoms with Gasteiger partial charge in [0, 0.05) is 23.4 Å². The van der Waals surface area contributed by atoms with Gasteiger partial charge in [0.25, 0.3) is 0 Å². The van der Waals surface area contributed by atoms with Gasteiger partial charge >= 0.3 is 0 Å². The number of amides is 1. The molecule has 0 bridgehead atoms. The van der Waals surface area contributed by atoms with Gasteiger partial charge in [-0.2, -0.15) is 0 Å². The number of aryl methyl sites for hydroxylation is 1. The number of ether oxygens (including phenoxy) is 1. The quantitative estimate of drug-likeness (QED) is 0.649. The maximum atomic E-state index is 12.6. The summed E-state index contributed by atoms with van der Waals surface area (Å²) < 4.78 is 7.57. The molecule has 1 atom stereocenters. The number of nitrogens with one attached hydrogen (secondary N) is 1. The minimum Gasteiger partial charge on any atom is -0.358 e. The lowest BCUT2D eigenvalue weighted by atomic mass is 10.0. The molecule has 3 aromatic heterocycles. The molecular weight excluding hydrogens is 420 g/mol. The van der Waals surface area contributed by atoms with Gasteiger partial charge in [0.05, 0.1) is 18.4 Å². The van der Waals surface area contributed by atoms with Crippen LogP contribution in [0.3, 0.4) is 0 Å². The molecule has 3 aromatic rings. The molecule has 2 aliphatic heterocycles. The smallest absolute Gasteiger partial charge is 0.248 e. The Balaban J connectivity index is 1.45. The molecule has 0 aliphatic carbocycles. The van der Waals surface area contributed by atoms with E-state index in [2.05, 4.69) is 20.4 Å². The maximum absolute atomic E-state index is 12.6. The van der Waals surface area contributed by atoms with Crippen LogP contribution in [0.1, 0.15) is 52.0 Å². The van der Waals surface area contributed by atoms with E-state index in [9.17, 15) is 4.79 Å². The predicted molar refractivity (Wildman–Crippen MR) is 124 cm³/mol. The van der Waals surface area contributed by atoms with Crippen molar-refractivity contribution >= 4 is 17.5 Å². The van der Waals surface area contributed by atoms with Gasteiger partial charge < -0.3 is 10.1 Å². The Morgan fingerprint density at radius 3 is 2.70 bits per heavy atom. The van der Waals surface area contributed by atoms with E-state index in [1.54, 1.807) is 22.1 Å². The number of anilines is 2. The Morgan fingerprint density at radius 2 is 1.97 bits per heavy atom. The average Bonchev–Trinajstić information content (AvgIpc) is 3.28. The molecule has 1 N–H and O–H groups in total. The number of carbonyl (C=O) groups is 1. The second-order valence-corrected chi connectivity index (χ2v) is 9.38. The van der Waals surface area contributed by atoms with Crippen LogP contribution in [-0.2, 0) is 9.53 Å². The van der Waals surface area contributed by atoms with Crippen LogP contribution in [-0.4, -0.2) is 54.3 Å². The van der Waals surface area contributed by atoms with E-state index in [1.165, 1.54) is 0 Å². The average molecular weight is 449 g/mol. The van der Waals surface area contributed by atoms with Crippen molar-refractivity contribution in [2.24, 2.45) is 0 Å². The Bertz CT molecular complexity index is 1190. The normalized spacial score (nSPS) is 18.7. The molecule has 0 aromatic carbocycles. The number of aromatic nitrogens is 6. The van der Waals surface area contributed by atoms with Crippen LogP contribution in [0.4, 0.5) is 11.6 Å². The van der Waals surface area contributed by atoms with Crippen molar-refractivity contribution in [3.05, 3.63) is 30.4 Å². The molecule has 0 saturated carbocycles. The van der Waals surface area contributed by atoms with Crippen molar-refractivity contribution in [2.45, 2.75) is 58.7 Å². The van der Waals surface area contributed by atoms with Gasteiger partial charge in [-0.15, -0.1) is 5.10 Å². The summed E-state index contributed by atoms with van der Waals surface area (Å²) in [6.45, 7) is 8.84. The van der Waals surface area contributed by atoms with Crippen LogP contribution in [0.5, 0.6) is 0 Å². The second-order valence-electron chi connectivity index (χ2n) is 9.38. The van der Waals surface area contributed by atoms with E-state index in [0.717, 1.165) is 37.1 Å². The molecule has 1 amide bonds. The zero-order chi connectivity index (χ0) is 23.2. The van der Waals surface area contributed by atoms with Gasteiger partial charge in [-0.25, -0.2) is 24.6 Å². The van der Waals surface area contributed by atoms with Crippen molar-refractivity contribution in [1.29, 1.82) is 0 Å². The highest BCUT2D eigenvalue weighted by Gasteiger charge is 2.35. The van der Waals surface area contributed by atoms with Gasteiger partial charge in [0.1, 0.15) is 12.0 Å². The molecular formula is C23H28N8O2. The molecule has 10 nitrogen and oxygen atoms in total. The largest absolute Gasteiger partial charge is 0.358 e. The van der Waals surface area contributed by atoms with E-state index in [0.29, 0.717) is 28.8 Å². The third-order valence-corrected chi connectivity index (χ3v) is 5.84. The second kappa shape index (κ2) is 8.18. The van der Waals surface area contributed by atoms with Crippen LogP contribution in [0.15, 0.2) is 24.7 Å². The van der Waals surface area contributed by atoms with E-state index in [4.69, 9.17) is 14.7 Å². The number of carbonyl (C=O) groups excluding carboxylic acids is 1. The van der Waals surface area contributed by atoms with Crippen LogP contribution in [0.2, 0.25) is 0 Å². The Hall–Kier alpha value is -3.40. The summed E-state index contributed by atoms with van der Waals surface area (Å²) in [5.74, 6) is 1.67. The first-order valence-corrected chi connectivity index (χ1v) is 11.3. The molecule has 5 rings (SSSR count). The summed E-state index contributed by atoms with van der Waals surface area (Å²) >= 11 is 0. The highest BCUT2D eigenvalue weighted by molar-refractivity contribution is 6.02. The molecule has 1 saturated heterocycles. The third kappa shape index (κ3) is 4.06. The minimum absolute atomic E-state index is 0.0322. The van der Waals surface area contributed by atoms with Gasteiger partial charge in [-0.05, 0) is 59.1 Å². The fourth-order valence-corrected chi connectivity index (χ4v) is 4.26. The highest BCUT2D eigenvalue weighted by Crippen LogP contribution is 2.34. The molecule has 0 radical (unpaired) electrons. The molecule has 2 aliphatic rings. The first-order chi connectivity index (χ1) is 15.8. The molecule has 1 fully saturated rings. The standard InChI is InChI=1S/C23H28N8O2/c1-14-15(17-11-24-21-22(28-17)31(23(2,3)4)18(32)12-25-21)8-9-16(27-14)20-26-13-30(29-20)19-7-5-6-10-33-19/h8-9,11,13,19H,5-7,10,12H2,1-4H3,(H,24,25). The zero-order valence-corrected chi connectivity index (χ0v) is 19.4. The summed E-state index contributed by atoms with van der Waals surface area (Å²) in [5.41, 5.74) is 2.56. The molecule has 10 heteroatoms. The molecule has 0 spiro atoms. The van der Waals surface area contributed by atoms with Crippen LogP contribution in [0.25, 0.3) is 22.8 Å². The van der Waals surface area contributed by atoms with Gasteiger partial charge in [0.2, 0.25) is 5.91 Å². The predicted octanol–water partition coefficient (Wildman–Crippen LogP) is 3.36. The summed E-state index contributed by atoms with van der Waals surface area (Å²) in [5, 5.41) is 7.65. The van der Waals surface area contributed by atoms with Crippen LogP contribution < -0.4 is 10.2 Å². The first kappa shape index (κ1) is 21.4. The molecule has 172 valence electrons. The van der Waals surface area contributed by atoms with Gasteiger partial charge in [-0.1, -0.05) is 0 Å². The van der Waals surface area contributed by atoms with E-state index in [1.807, 2.05) is 39.8 Å². The van der Waals surface area contributed by atoms with Crippen molar-refractivity contribution in [1.82, 2.24) is 29.7 Å². The highest BCUT2D eigenvalue weighted by atomic mass is 16.5. The Kier molecular flexibility index (Phi) is 5.32. The Morgan fingerprint density at radius 1 is 1.12 bits per heavy atom. The lowest BCUT2D eigenvalue weighted by molar-refractivity contribution is -0.118. The summed E-state index contributed by atoms with van der Waals surface area (Å²) in [4.78, 5) is 32.8. The lowest BCUT2D eigenvalue weighted by Crippen LogP contribution is -2.51. The van der Waals surface area contributed by atoms with Crippen molar-refractivity contribution in [3.63, 3.8) is 0 Å². The van der Waals surface area contributed by atoms with Crippen LogP contribution >= 0.6 is 0 Å². The minimum atomic E-state index is -0.412. The third-order valence-electron chi connectivity index (χ3n) is 5.84. The molecule has 1 unspecified atom stereocenters. The number of fused-ring (bicyclic) bond motifs is 1. The van der Waals surface area contributed by atoms with E-state index in [-0.39, 0.29) is 18.7 Å². The number of hydrogen-bond donors (Lipinski definition) is 1. The van der Waals surface area contributed by atoms with Gasteiger partial charge in [-0.3, -0.25) is 9.69 Å². The van der Waals surface area contributed by atoms with Crippen molar-refractivity contribution in [3.8, 4) is 22.8 Å². The lowest BCUT2D eigenvalue weighted by Gasteiger charge is -2.38. The molecule has 33 heavy (non-hydrogen) atoms. The topological polar surface area (TPSA) is 111 Å². The zero-order valence-electron chi connectivity index (χ0n) is 19.4. The van der Waals surface area contributed by atoms with Crippen molar-refractivity contribution in [2.75, 3.05) is 23.4 Å². The first-order valence-electron chi connectivity index (χ1n) is 11.3. The van der Waals surface area contributed by atoms with Gasteiger partial charge in [0.15, 0.2) is 23.7 Å². The van der Waals surface area contributed by atoms with E-state index >= 15 is 0 Å². The maximum Gasteiger partial charge on any atom is 0.248 e. The molecule has 5 heterocycles. The number of pyridine rings is 1. The number of nitrogens with zero attached hydrogens (tertiary/aromatic N) is 7. The van der Waals surface area contributed by atoms with Crippen molar-refractivity contribution < 1.29 is 9.53 Å². The number of hydrogen-bond acceptors (Lipinski definition) is 8. The van der Waals surface area contributed by atoms with E-state index < -0.39 is 5.54 Å². The SMILES string of the molecule is Cc1nc(-c2ncn(C3CCCCO3)n2)ccc1-c1cnc2c(n1)N(C(C)(C)C)C(=O)CN2. The Labute approximate surface area is 192 Å². The monoisotopic (exact) mass is 448 g/mol. The summed E-state index contributed by atoms with van der Waals surface area (Å²) in [6, 6.07) is 3.83. The summed E-state index contributed by atoms with van der Waals surface area (Å²) in [7, 11) is 0. The fourth-order valence-electron chi connectivity index (χ4n) is 4.26. The number of rotatable bonds is 3.